The number of aryl methyl sites for hydroxylation is 2. The minimum atomic E-state index is 0.458. The summed E-state index contributed by atoms with van der Waals surface area (Å²) in [7, 11) is 0. The van der Waals surface area contributed by atoms with Gasteiger partial charge in [-0.25, -0.2) is 9.97 Å². The number of thioether (sulfide) groups is 1. The molecule has 0 aliphatic rings. The summed E-state index contributed by atoms with van der Waals surface area (Å²) < 4.78 is 0. The molecule has 0 aromatic carbocycles. The Kier molecular flexibility index (Phi) is 5.35. The topological polar surface area (TPSA) is 37.8 Å². The van der Waals surface area contributed by atoms with Crippen LogP contribution in [0.15, 0.2) is 0 Å². The molecule has 1 aromatic heterocycles. The highest BCUT2D eigenvalue weighted by molar-refractivity contribution is 7.98. The van der Waals surface area contributed by atoms with E-state index in [9.17, 15) is 0 Å². The van der Waals surface area contributed by atoms with Crippen molar-refractivity contribution in [2.75, 3.05) is 23.9 Å². The molecule has 0 saturated heterocycles. The van der Waals surface area contributed by atoms with Crippen molar-refractivity contribution < 1.29 is 0 Å². The summed E-state index contributed by atoms with van der Waals surface area (Å²) in [6, 6.07) is 0. The first kappa shape index (κ1) is 13.6. The van der Waals surface area contributed by atoms with Gasteiger partial charge in [0.15, 0.2) is 11.0 Å². The van der Waals surface area contributed by atoms with E-state index in [0.29, 0.717) is 16.9 Å². The molecular weight excluding hydrogens is 242 g/mol. The van der Waals surface area contributed by atoms with Gasteiger partial charge in [-0.3, -0.25) is 0 Å². The van der Waals surface area contributed by atoms with Crippen molar-refractivity contribution in [3.63, 3.8) is 0 Å². The van der Waals surface area contributed by atoms with Crippen LogP contribution in [0.3, 0.4) is 0 Å². The molecule has 0 amide bonds. The molecule has 16 heavy (non-hydrogen) atoms. The van der Waals surface area contributed by atoms with Gasteiger partial charge in [0.2, 0.25) is 0 Å². The lowest BCUT2D eigenvalue weighted by molar-refractivity contribution is 0.698. The molecule has 0 fully saturated rings. The summed E-state index contributed by atoms with van der Waals surface area (Å²) in [5.74, 6) is 2.41. The van der Waals surface area contributed by atoms with Gasteiger partial charge in [0.1, 0.15) is 0 Å². The fourth-order valence-electron chi connectivity index (χ4n) is 1.30. The molecular formula is C11H18ClN3S. The Bertz CT molecular complexity index is 357. The van der Waals surface area contributed by atoms with Gasteiger partial charge in [-0.15, -0.1) is 0 Å². The standard InChI is InChI=1S/C11H18ClN3S/c1-7(6-16-4)5-13-11-10(12)14-8(2)9(3)15-11/h7H,5-6H2,1-4H3,(H,13,15). The minimum absolute atomic E-state index is 0.458. The molecule has 0 radical (unpaired) electrons. The van der Waals surface area contributed by atoms with Crippen LogP contribution in [0.5, 0.6) is 0 Å². The summed E-state index contributed by atoms with van der Waals surface area (Å²) in [5.41, 5.74) is 1.80. The highest BCUT2D eigenvalue weighted by Gasteiger charge is 2.08. The lowest BCUT2D eigenvalue weighted by Crippen LogP contribution is -2.15. The van der Waals surface area contributed by atoms with Crippen molar-refractivity contribution in [1.29, 1.82) is 0 Å². The van der Waals surface area contributed by atoms with Crippen LogP contribution in [0.4, 0.5) is 5.82 Å². The molecule has 1 rings (SSSR count). The quantitative estimate of drug-likeness (QED) is 0.882. The molecule has 5 heteroatoms. The molecule has 1 heterocycles. The second-order valence-electron chi connectivity index (χ2n) is 3.98. The van der Waals surface area contributed by atoms with Crippen LogP contribution < -0.4 is 5.32 Å². The molecule has 0 bridgehead atoms. The third kappa shape index (κ3) is 3.83. The first-order chi connectivity index (χ1) is 7.54. The third-order valence-electron chi connectivity index (χ3n) is 2.33. The zero-order valence-electron chi connectivity index (χ0n) is 10.2. The first-order valence-electron chi connectivity index (χ1n) is 5.28. The molecule has 90 valence electrons. The van der Waals surface area contributed by atoms with Gasteiger partial charge in [-0.05, 0) is 31.8 Å². The Hall–Kier alpha value is -0.480. The zero-order chi connectivity index (χ0) is 12.1. The molecule has 3 nitrogen and oxygen atoms in total. The van der Waals surface area contributed by atoms with Crippen molar-refractivity contribution in [1.82, 2.24) is 9.97 Å². The van der Waals surface area contributed by atoms with E-state index in [1.807, 2.05) is 25.6 Å². The average Bonchev–Trinajstić information content (AvgIpc) is 2.22. The van der Waals surface area contributed by atoms with Crippen molar-refractivity contribution >= 4 is 29.2 Å². The summed E-state index contributed by atoms with van der Waals surface area (Å²) in [5, 5.41) is 3.70. The van der Waals surface area contributed by atoms with Crippen LogP contribution in [0, 0.1) is 19.8 Å². The second-order valence-corrected chi connectivity index (χ2v) is 5.24. The first-order valence-corrected chi connectivity index (χ1v) is 7.05. The Morgan fingerprint density at radius 1 is 1.31 bits per heavy atom. The molecule has 0 aliphatic carbocycles. The highest BCUT2D eigenvalue weighted by Crippen LogP contribution is 2.18. The fraction of sp³-hybridized carbons (Fsp3) is 0.636. The van der Waals surface area contributed by atoms with Crippen LogP contribution in [0.2, 0.25) is 5.15 Å². The van der Waals surface area contributed by atoms with Crippen LogP contribution >= 0.6 is 23.4 Å². The van der Waals surface area contributed by atoms with Crippen molar-refractivity contribution in [2.45, 2.75) is 20.8 Å². The molecule has 1 N–H and O–H groups in total. The van der Waals surface area contributed by atoms with Crippen LogP contribution in [0.25, 0.3) is 0 Å². The smallest absolute Gasteiger partial charge is 0.171 e. The van der Waals surface area contributed by atoms with Gasteiger partial charge in [-0.1, -0.05) is 18.5 Å². The predicted octanol–water partition coefficient (Wildman–Crippen LogP) is 3.16. The molecule has 0 spiro atoms. The summed E-state index contributed by atoms with van der Waals surface area (Å²) in [6.07, 6.45) is 2.11. The SMILES string of the molecule is CSCC(C)CNc1nc(C)c(C)nc1Cl. The van der Waals surface area contributed by atoms with E-state index in [4.69, 9.17) is 11.6 Å². The van der Waals surface area contributed by atoms with Gasteiger partial charge < -0.3 is 5.32 Å². The lowest BCUT2D eigenvalue weighted by atomic mass is 10.2. The molecule has 0 aliphatic heterocycles. The monoisotopic (exact) mass is 259 g/mol. The second kappa shape index (κ2) is 6.30. The number of hydrogen-bond donors (Lipinski definition) is 1. The van der Waals surface area contributed by atoms with Crippen molar-refractivity contribution in [3.05, 3.63) is 16.5 Å². The summed E-state index contributed by atoms with van der Waals surface area (Å²) in [4.78, 5) is 8.62. The highest BCUT2D eigenvalue weighted by atomic mass is 35.5. The molecule has 1 aromatic rings. The van der Waals surface area contributed by atoms with E-state index < -0.39 is 0 Å². The van der Waals surface area contributed by atoms with E-state index in [2.05, 4.69) is 28.5 Å². The van der Waals surface area contributed by atoms with E-state index in [0.717, 1.165) is 23.7 Å². The van der Waals surface area contributed by atoms with E-state index >= 15 is 0 Å². The van der Waals surface area contributed by atoms with Crippen LogP contribution in [-0.2, 0) is 0 Å². The summed E-state index contributed by atoms with van der Waals surface area (Å²) >= 11 is 7.87. The normalized spacial score (nSPS) is 12.6. The number of halogens is 1. The number of aromatic nitrogens is 2. The predicted molar refractivity (Wildman–Crippen MR) is 72.6 cm³/mol. The van der Waals surface area contributed by atoms with Gasteiger partial charge in [-0.2, -0.15) is 11.8 Å². The Morgan fingerprint density at radius 3 is 2.56 bits per heavy atom. The van der Waals surface area contributed by atoms with Gasteiger partial charge >= 0.3 is 0 Å². The number of anilines is 1. The van der Waals surface area contributed by atoms with Crippen molar-refractivity contribution in [3.8, 4) is 0 Å². The molecule has 0 saturated carbocycles. The minimum Gasteiger partial charge on any atom is -0.367 e. The maximum atomic E-state index is 6.02. The number of nitrogens with zero attached hydrogens (tertiary/aromatic N) is 2. The Labute approximate surface area is 106 Å². The van der Waals surface area contributed by atoms with Crippen LogP contribution in [-0.4, -0.2) is 28.5 Å². The number of hydrogen-bond acceptors (Lipinski definition) is 4. The molecule has 1 unspecified atom stereocenters. The molecule has 1 atom stereocenters. The van der Waals surface area contributed by atoms with Gasteiger partial charge in [0.25, 0.3) is 0 Å². The lowest BCUT2D eigenvalue weighted by Gasteiger charge is -2.13. The maximum Gasteiger partial charge on any atom is 0.171 e. The van der Waals surface area contributed by atoms with E-state index in [-0.39, 0.29) is 0 Å². The average molecular weight is 260 g/mol. The number of rotatable bonds is 5. The zero-order valence-corrected chi connectivity index (χ0v) is 11.7. The third-order valence-corrected chi connectivity index (χ3v) is 3.50. The number of nitrogens with one attached hydrogen (secondary N) is 1. The fourth-order valence-corrected chi connectivity index (χ4v) is 2.23. The van der Waals surface area contributed by atoms with Crippen LogP contribution in [0.1, 0.15) is 18.3 Å². The van der Waals surface area contributed by atoms with E-state index in [1.165, 1.54) is 0 Å². The summed E-state index contributed by atoms with van der Waals surface area (Å²) in [6.45, 7) is 6.92. The van der Waals surface area contributed by atoms with E-state index in [1.54, 1.807) is 0 Å². The van der Waals surface area contributed by atoms with Gasteiger partial charge in [0.05, 0.1) is 11.4 Å². The largest absolute Gasteiger partial charge is 0.367 e. The van der Waals surface area contributed by atoms with Crippen molar-refractivity contribution in [2.24, 2.45) is 5.92 Å². The Balaban J connectivity index is 2.63. The maximum absolute atomic E-state index is 6.02. The Morgan fingerprint density at radius 2 is 1.94 bits per heavy atom. The van der Waals surface area contributed by atoms with Gasteiger partial charge in [0, 0.05) is 6.54 Å².